The molecule has 5 aromatic rings. The van der Waals surface area contributed by atoms with Crippen LogP contribution in [0.5, 0.6) is 0 Å². The number of ketones is 1. The summed E-state index contributed by atoms with van der Waals surface area (Å²) in [5.74, 6) is -1.65. The summed E-state index contributed by atoms with van der Waals surface area (Å²) < 4.78 is 6.09. The summed E-state index contributed by atoms with van der Waals surface area (Å²) in [7, 11) is 0. The normalized spacial score (nSPS) is 17.4. The Labute approximate surface area is 248 Å². The third-order valence-corrected chi connectivity index (χ3v) is 9.32. The highest BCUT2D eigenvalue weighted by Gasteiger charge is 2.66. The quantitative estimate of drug-likeness (QED) is 0.230. The van der Waals surface area contributed by atoms with Crippen molar-refractivity contribution in [3.63, 3.8) is 0 Å². The number of hydrogen-bond acceptors (Lipinski definition) is 7. The van der Waals surface area contributed by atoms with Gasteiger partial charge in [-0.1, -0.05) is 71.0 Å². The minimum absolute atomic E-state index is 0.0941. The Morgan fingerprint density at radius 1 is 1.02 bits per heavy atom. The van der Waals surface area contributed by atoms with E-state index < -0.39 is 22.8 Å². The molecule has 3 aromatic carbocycles. The first kappa shape index (κ1) is 26.3. The fourth-order valence-corrected chi connectivity index (χ4v) is 7.16. The predicted octanol–water partition coefficient (Wildman–Crippen LogP) is 6.17. The second kappa shape index (κ2) is 9.20. The monoisotopic (exact) mass is 595 g/mol. The number of amides is 2. The van der Waals surface area contributed by atoms with E-state index in [2.05, 4.69) is 4.98 Å². The van der Waals surface area contributed by atoms with Crippen LogP contribution in [0.4, 0.5) is 10.8 Å². The molecule has 2 amide bonds. The summed E-state index contributed by atoms with van der Waals surface area (Å²) in [6.07, 6.45) is 0. The van der Waals surface area contributed by atoms with Crippen LogP contribution in [0.25, 0.3) is 11.0 Å². The van der Waals surface area contributed by atoms with E-state index in [4.69, 9.17) is 16.0 Å². The van der Waals surface area contributed by atoms with E-state index in [-0.39, 0.29) is 39.8 Å². The zero-order valence-electron chi connectivity index (χ0n) is 22.7. The number of thiazole rings is 1. The summed E-state index contributed by atoms with van der Waals surface area (Å²) in [5, 5.41) is 0.582. The van der Waals surface area contributed by atoms with Gasteiger partial charge in [-0.2, -0.15) is 0 Å². The maximum atomic E-state index is 15.0. The Kier molecular flexibility index (Phi) is 5.77. The second-order valence-electron chi connectivity index (χ2n) is 10.5. The number of Topliss-reactive ketones (excluding diaryl/α,β-unsaturated/α-hetero) is 1. The van der Waals surface area contributed by atoms with Crippen molar-refractivity contribution in [2.75, 3.05) is 9.80 Å². The number of para-hydroxylation sites is 1. The van der Waals surface area contributed by atoms with Crippen LogP contribution in [-0.4, -0.2) is 22.6 Å². The zero-order valence-corrected chi connectivity index (χ0v) is 24.3. The molecular weight excluding hydrogens is 574 g/mol. The first-order valence-electron chi connectivity index (χ1n) is 13.2. The van der Waals surface area contributed by atoms with E-state index in [9.17, 15) is 19.2 Å². The minimum Gasteiger partial charge on any atom is -0.450 e. The minimum atomic E-state index is -1.91. The molecule has 0 saturated heterocycles. The SMILES string of the molecule is CC(=O)c1sc(N2C(=O)c3oc4ccc(Cl)cc4c(=O)c3C23C(=O)N(Cc2ccc(C)cc2)c2ccccc23)nc1C. The summed E-state index contributed by atoms with van der Waals surface area (Å²) in [6.45, 7) is 5.27. The molecule has 0 radical (unpaired) electrons. The van der Waals surface area contributed by atoms with Crippen LogP contribution >= 0.6 is 22.9 Å². The largest absolute Gasteiger partial charge is 0.450 e. The Balaban J connectivity index is 1.56. The van der Waals surface area contributed by atoms with E-state index in [1.807, 2.05) is 31.2 Å². The highest BCUT2D eigenvalue weighted by Crippen LogP contribution is 2.55. The Hall–Kier alpha value is -4.60. The Bertz CT molecular complexity index is 2070. The van der Waals surface area contributed by atoms with Gasteiger partial charge in [0, 0.05) is 17.5 Å². The molecule has 10 heteroatoms. The van der Waals surface area contributed by atoms with Crippen LogP contribution in [0.1, 0.15) is 55.1 Å². The maximum absolute atomic E-state index is 15.0. The average Bonchev–Trinajstić information content (AvgIpc) is 3.55. The number of benzene rings is 3. The number of nitrogens with zero attached hydrogens (tertiary/aromatic N) is 3. The molecule has 0 aliphatic carbocycles. The van der Waals surface area contributed by atoms with E-state index in [0.717, 1.165) is 22.5 Å². The Morgan fingerprint density at radius 2 is 1.76 bits per heavy atom. The lowest BCUT2D eigenvalue weighted by Gasteiger charge is -2.32. The molecule has 2 aliphatic rings. The van der Waals surface area contributed by atoms with E-state index in [1.165, 1.54) is 24.0 Å². The van der Waals surface area contributed by atoms with Gasteiger partial charge in [-0.15, -0.1) is 0 Å². The molecule has 208 valence electrons. The molecule has 0 saturated carbocycles. The number of carbonyl (C=O) groups is 3. The van der Waals surface area contributed by atoms with Crippen molar-refractivity contribution in [3.8, 4) is 0 Å². The van der Waals surface area contributed by atoms with Crippen molar-refractivity contribution in [2.45, 2.75) is 32.9 Å². The van der Waals surface area contributed by atoms with Crippen molar-refractivity contribution in [2.24, 2.45) is 0 Å². The van der Waals surface area contributed by atoms with Crippen molar-refractivity contribution in [1.29, 1.82) is 0 Å². The molecule has 0 fully saturated rings. The van der Waals surface area contributed by atoms with Gasteiger partial charge >= 0.3 is 0 Å². The number of hydrogen-bond donors (Lipinski definition) is 0. The third kappa shape index (κ3) is 3.50. The smallest absolute Gasteiger partial charge is 0.297 e. The van der Waals surface area contributed by atoms with Crippen molar-refractivity contribution < 1.29 is 18.8 Å². The lowest BCUT2D eigenvalue weighted by Crippen LogP contribution is -2.53. The molecule has 8 nitrogen and oxygen atoms in total. The number of carbonyl (C=O) groups excluding carboxylic acids is 3. The number of fused-ring (bicyclic) bond motifs is 5. The summed E-state index contributed by atoms with van der Waals surface area (Å²) >= 11 is 7.26. The van der Waals surface area contributed by atoms with Crippen molar-refractivity contribution >= 4 is 62.3 Å². The van der Waals surface area contributed by atoms with E-state index in [1.54, 1.807) is 42.2 Å². The van der Waals surface area contributed by atoms with Crippen LogP contribution in [0.3, 0.4) is 0 Å². The van der Waals surface area contributed by atoms with Crippen molar-refractivity contribution in [1.82, 2.24) is 4.98 Å². The number of aromatic nitrogens is 1. The average molecular weight is 596 g/mol. The van der Waals surface area contributed by atoms with Gasteiger partial charge < -0.3 is 9.32 Å². The molecule has 4 heterocycles. The van der Waals surface area contributed by atoms with Gasteiger partial charge in [0.25, 0.3) is 11.8 Å². The molecule has 42 heavy (non-hydrogen) atoms. The summed E-state index contributed by atoms with van der Waals surface area (Å²) in [4.78, 5) is 63.8. The summed E-state index contributed by atoms with van der Waals surface area (Å²) in [6, 6.07) is 19.5. The number of rotatable bonds is 4. The maximum Gasteiger partial charge on any atom is 0.297 e. The fourth-order valence-electron chi connectivity index (χ4n) is 5.97. The first-order valence-corrected chi connectivity index (χ1v) is 14.4. The van der Waals surface area contributed by atoms with Crippen LogP contribution in [-0.2, 0) is 16.9 Å². The number of halogens is 1. The second-order valence-corrected chi connectivity index (χ2v) is 11.9. The molecule has 1 unspecified atom stereocenters. The molecule has 1 atom stereocenters. The topological polar surface area (TPSA) is 101 Å². The standard InChI is InChI=1S/C32H22ClN3O5S/c1-16-8-10-19(11-9-16)15-35-23-7-5-4-6-22(23)32(30(35)40)25-26(38)21-14-20(33)12-13-24(21)41-27(25)29(39)36(32)31-34-17(2)28(42-31)18(3)37/h4-14H,15H2,1-3H3. The lowest BCUT2D eigenvalue weighted by atomic mass is 9.84. The van der Waals surface area contributed by atoms with Crippen molar-refractivity contribution in [3.05, 3.63) is 121 Å². The van der Waals surface area contributed by atoms with Gasteiger partial charge in [0.1, 0.15) is 5.58 Å². The van der Waals surface area contributed by atoms with Crippen LogP contribution in [0.2, 0.25) is 5.02 Å². The first-order chi connectivity index (χ1) is 20.1. The molecule has 2 aliphatic heterocycles. The van der Waals surface area contributed by atoms with Crippen LogP contribution in [0, 0.1) is 13.8 Å². The van der Waals surface area contributed by atoms with E-state index >= 15 is 0 Å². The number of aryl methyl sites for hydroxylation is 2. The molecular formula is C32H22ClN3O5S. The van der Waals surface area contributed by atoms with Gasteiger partial charge in [-0.05, 0) is 43.7 Å². The van der Waals surface area contributed by atoms with Crippen LogP contribution < -0.4 is 15.2 Å². The van der Waals surface area contributed by atoms with Gasteiger partial charge in [0.2, 0.25) is 5.76 Å². The van der Waals surface area contributed by atoms with Gasteiger partial charge in [0.05, 0.1) is 33.8 Å². The molecule has 2 aromatic heterocycles. The molecule has 0 bridgehead atoms. The molecule has 7 rings (SSSR count). The highest BCUT2D eigenvalue weighted by molar-refractivity contribution is 7.17. The molecule has 0 N–H and O–H groups in total. The van der Waals surface area contributed by atoms with Gasteiger partial charge in [-0.25, -0.2) is 4.98 Å². The highest BCUT2D eigenvalue weighted by atomic mass is 35.5. The van der Waals surface area contributed by atoms with E-state index in [0.29, 0.717) is 26.8 Å². The molecule has 1 spiro atoms. The third-order valence-electron chi connectivity index (χ3n) is 7.84. The zero-order chi connectivity index (χ0) is 29.5. The predicted molar refractivity (Wildman–Crippen MR) is 161 cm³/mol. The Morgan fingerprint density at radius 3 is 2.48 bits per heavy atom. The van der Waals surface area contributed by atoms with Gasteiger partial charge in [0.15, 0.2) is 21.9 Å². The number of anilines is 2. The summed E-state index contributed by atoms with van der Waals surface area (Å²) in [5.41, 5.74) is 0.999. The lowest BCUT2D eigenvalue weighted by molar-refractivity contribution is -0.121. The van der Waals surface area contributed by atoms with Crippen LogP contribution in [0.15, 0.2) is 75.9 Å². The van der Waals surface area contributed by atoms with Gasteiger partial charge in [-0.3, -0.25) is 24.1 Å². The fraction of sp³-hybridized carbons (Fsp3) is 0.156.